The highest BCUT2D eigenvalue weighted by molar-refractivity contribution is 5.89. The van der Waals surface area contributed by atoms with Crippen molar-refractivity contribution in [3.05, 3.63) is 23.4 Å². The molecule has 1 amide bonds. The van der Waals surface area contributed by atoms with Gasteiger partial charge >= 0.3 is 5.97 Å². The van der Waals surface area contributed by atoms with Crippen LogP contribution >= 0.6 is 0 Å². The molecule has 1 atom stereocenters. The molecule has 6 nitrogen and oxygen atoms in total. The van der Waals surface area contributed by atoms with Gasteiger partial charge in [-0.15, -0.1) is 0 Å². The summed E-state index contributed by atoms with van der Waals surface area (Å²) in [6.45, 7) is 9.54. The Morgan fingerprint density at radius 2 is 1.86 bits per heavy atom. The van der Waals surface area contributed by atoms with Crippen molar-refractivity contribution in [2.75, 3.05) is 5.32 Å². The van der Waals surface area contributed by atoms with Gasteiger partial charge in [0.15, 0.2) is 0 Å². The maximum atomic E-state index is 11.5. The van der Waals surface area contributed by atoms with Crippen LogP contribution in [0, 0.1) is 5.92 Å². The lowest BCUT2D eigenvalue weighted by Crippen LogP contribution is -2.40. The number of nitrogens with two attached hydrogens (primary N) is 1. The number of primary amides is 1. The molecule has 0 saturated heterocycles. The highest BCUT2D eigenvalue weighted by Gasteiger charge is 2.23. The molecule has 0 aromatic carbocycles. The van der Waals surface area contributed by atoms with Crippen LogP contribution in [0.1, 0.15) is 50.7 Å². The number of hydrogen-bond donors (Lipinski definition) is 3. The third kappa shape index (κ3) is 4.44. The summed E-state index contributed by atoms with van der Waals surface area (Å²) in [7, 11) is 0. The summed E-state index contributed by atoms with van der Waals surface area (Å²) in [6.07, 6.45) is 0. The first-order valence-corrected chi connectivity index (χ1v) is 6.84. The van der Waals surface area contributed by atoms with Crippen LogP contribution < -0.4 is 11.1 Å². The van der Waals surface area contributed by atoms with E-state index in [1.807, 2.05) is 34.6 Å². The van der Waals surface area contributed by atoms with Crippen molar-refractivity contribution in [1.29, 1.82) is 0 Å². The average Bonchev–Trinajstić information content (AvgIpc) is 2.33. The normalized spacial score (nSPS) is 13.0. The average molecular weight is 293 g/mol. The van der Waals surface area contributed by atoms with Crippen LogP contribution in [-0.4, -0.2) is 28.0 Å². The Labute approximate surface area is 124 Å². The summed E-state index contributed by atoms with van der Waals surface area (Å²) in [5.74, 6) is -1.22. The minimum Gasteiger partial charge on any atom is -0.478 e. The number of carbonyl (C=O) groups is 2. The number of aromatic nitrogens is 1. The fourth-order valence-corrected chi connectivity index (χ4v) is 1.84. The molecule has 0 saturated carbocycles. The number of anilines is 1. The van der Waals surface area contributed by atoms with Crippen molar-refractivity contribution in [3.8, 4) is 0 Å². The highest BCUT2D eigenvalue weighted by atomic mass is 16.4. The lowest BCUT2D eigenvalue weighted by Gasteiger charge is -2.23. The molecule has 0 fully saturated rings. The number of carboxylic acid groups (broad SMARTS) is 1. The molecule has 0 aliphatic carbocycles. The first-order chi connectivity index (χ1) is 9.52. The van der Waals surface area contributed by atoms with Gasteiger partial charge < -0.3 is 16.2 Å². The molecule has 0 bridgehead atoms. The summed E-state index contributed by atoms with van der Waals surface area (Å²) in [5, 5.41) is 12.1. The molecule has 1 heterocycles. The van der Waals surface area contributed by atoms with Gasteiger partial charge in [0.1, 0.15) is 11.9 Å². The smallest absolute Gasteiger partial charge is 0.335 e. The molecule has 1 rings (SSSR count). The van der Waals surface area contributed by atoms with E-state index in [0.29, 0.717) is 11.5 Å². The number of nitrogens with one attached hydrogen (secondary N) is 1. The van der Waals surface area contributed by atoms with Crippen molar-refractivity contribution in [2.45, 2.75) is 46.1 Å². The lowest BCUT2D eigenvalue weighted by atomic mass is 9.90. The fraction of sp³-hybridized carbons (Fsp3) is 0.533. The summed E-state index contributed by atoms with van der Waals surface area (Å²) >= 11 is 0. The number of amides is 1. The van der Waals surface area contributed by atoms with E-state index in [4.69, 9.17) is 5.73 Å². The van der Waals surface area contributed by atoms with Gasteiger partial charge in [0.05, 0.1) is 5.56 Å². The minimum atomic E-state index is -1.04. The van der Waals surface area contributed by atoms with E-state index in [9.17, 15) is 14.7 Å². The van der Waals surface area contributed by atoms with Crippen LogP contribution in [0.15, 0.2) is 12.1 Å². The molecule has 0 aliphatic heterocycles. The van der Waals surface area contributed by atoms with E-state index >= 15 is 0 Å². The third-order valence-corrected chi connectivity index (χ3v) is 3.12. The van der Waals surface area contributed by atoms with Crippen LogP contribution in [0.3, 0.4) is 0 Å². The van der Waals surface area contributed by atoms with Crippen molar-refractivity contribution in [2.24, 2.45) is 11.7 Å². The first kappa shape index (κ1) is 16.9. The second kappa shape index (κ2) is 6.11. The van der Waals surface area contributed by atoms with E-state index in [-0.39, 0.29) is 16.9 Å². The zero-order chi connectivity index (χ0) is 16.4. The van der Waals surface area contributed by atoms with E-state index in [1.165, 1.54) is 6.07 Å². The zero-order valence-corrected chi connectivity index (χ0v) is 13.1. The van der Waals surface area contributed by atoms with Gasteiger partial charge in [0.25, 0.3) is 0 Å². The van der Waals surface area contributed by atoms with Crippen molar-refractivity contribution in [1.82, 2.24) is 4.98 Å². The van der Waals surface area contributed by atoms with Gasteiger partial charge in [0.2, 0.25) is 5.91 Å². The number of hydrogen-bond acceptors (Lipinski definition) is 4. The number of rotatable bonds is 5. The second-order valence-corrected chi connectivity index (χ2v) is 6.45. The largest absolute Gasteiger partial charge is 0.478 e. The summed E-state index contributed by atoms with van der Waals surface area (Å²) in [6, 6.07) is 2.35. The molecule has 116 valence electrons. The summed E-state index contributed by atoms with van der Waals surface area (Å²) in [4.78, 5) is 27.1. The Bertz CT molecular complexity index is 548. The van der Waals surface area contributed by atoms with Gasteiger partial charge in [-0.3, -0.25) is 4.79 Å². The lowest BCUT2D eigenvalue weighted by molar-refractivity contribution is -0.119. The SMILES string of the molecule is CC(C)C(Nc1cc(C(=O)O)cc(C(C)(C)C)n1)C(N)=O. The number of carbonyl (C=O) groups excluding carboxylic acids is 1. The molecule has 6 heteroatoms. The predicted octanol–water partition coefficient (Wildman–Crippen LogP) is 2.00. The molecule has 1 unspecified atom stereocenters. The third-order valence-electron chi connectivity index (χ3n) is 3.12. The van der Waals surface area contributed by atoms with Gasteiger partial charge in [-0.05, 0) is 18.1 Å². The van der Waals surface area contributed by atoms with Gasteiger partial charge in [0, 0.05) is 11.1 Å². The van der Waals surface area contributed by atoms with Crippen molar-refractivity contribution in [3.63, 3.8) is 0 Å². The Morgan fingerprint density at radius 3 is 2.24 bits per heavy atom. The monoisotopic (exact) mass is 293 g/mol. The number of aromatic carboxylic acids is 1. The van der Waals surface area contributed by atoms with Crippen LogP contribution in [-0.2, 0) is 10.2 Å². The van der Waals surface area contributed by atoms with Crippen molar-refractivity contribution >= 4 is 17.7 Å². The maximum Gasteiger partial charge on any atom is 0.335 e. The number of carboxylic acids is 1. The molecule has 0 spiro atoms. The van der Waals surface area contributed by atoms with E-state index in [0.717, 1.165) is 0 Å². The second-order valence-electron chi connectivity index (χ2n) is 6.45. The number of pyridine rings is 1. The van der Waals surface area contributed by atoms with Crippen LogP contribution in [0.5, 0.6) is 0 Å². The number of nitrogens with zero attached hydrogens (tertiary/aromatic N) is 1. The quantitative estimate of drug-likeness (QED) is 0.770. The van der Waals surface area contributed by atoms with Gasteiger partial charge in [-0.1, -0.05) is 34.6 Å². The molecule has 0 radical (unpaired) electrons. The topological polar surface area (TPSA) is 105 Å². The molecule has 0 aliphatic rings. The zero-order valence-electron chi connectivity index (χ0n) is 13.1. The maximum absolute atomic E-state index is 11.5. The van der Waals surface area contributed by atoms with E-state index in [2.05, 4.69) is 10.3 Å². The minimum absolute atomic E-state index is 0.0316. The highest BCUT2D eigenvalue weighted by Crippen LogP contribution is 2.24. The molecule has 4 N–H and O–H groups in total. The van der Waals surface area contributed by atoms with E-state index in [1.54, 1.807) is 6.07 Å². The molecule has 1 aromatic rings. The first-order valence-electron chi connectivity index (χ1n) is 6.84. The van der Waals surface area contributed by atoms with Crippen LogP contribution in [0.2, 0.25) is 0 Å². The Morgan fingerprint density at radius 1 is 1.29 bits per heavy atom. The standard InChI is InChI=1S/C15H23N3O3/c1-8(2)12(13(16)19)18-11-7-9(14(20)21)6-10(17-11)15(3,4)5/h6-8,12H,1-5H3,(H2,16,19)(H,17,18)(H,20,21). The molecule has 1 aromatic heterocycles. The van der Waals surface area contributed by atoms with Gasteiger partial charge in [-0.25, -0.2) is 9.78 Å². The summed E-state index contributed by atoms with van der Waals surface area (Å²) < 4.78 is 0. The van der Waals surface area contributed by atoms with Crippen LogP contribution in [0.4, 0.5) is 5.82 Å². The fourth-order valence-electron chi connectivity index (χ4n) is 1.84. The summed E-state index contributed by atoms with van der Waals surface area (Å²) in [5.41, 5.74) is 5.82. The Kier molecular flexibility index (Phi) is 4.93. The van der Waals surface area contributed by atoms with E-state index < -0.39 is 17.9 Å². The van der Waals surface area contributed by atoms with Gasteiger partial charge in [-0.2, -0.15) is 0 Å². The molecule has 21 heavy (non-hydrogen) atoms. The molecular formula is C15H23N3O3. The van der Waals surface area contributed by atoms with Crippen molar-refractivity contribution < 1.29 is 14.7 Å². The molecular weight excluding hydrogens is 270 g/mol. The van der Waals surface area contributed by atoms with Crippen LogP contribution in [0.25, 0.3) is 0 Å². The Hall–Kier alpha value is -2.11. The predicted molar refractivity (Wildman–Crippen MR) is 81.3 cm³/mol. The Balaban J connectivity index is 3.26.